The van der Waals surface area contributed by atoms with Gasteiger partial charge in [-0.05, 0) is 39.9 Å². The predicted molar refractivity (Wildman–Crippen MR) is 75.4 cm³/mol. The van der Waals surface area contributed by atoms with Crippen molar-refractivity contribution in [2.45, 2.75) is 31.8 Å². The molecule has 0 aromatic heterocycles. The summed E-state index contributed by atoms with van der Waals surface area (Å²) in [6, 6.07) is 0. The van der Waals surface area contributed by atoms with E-state index in [4.69, 9.17) is 4.74 Å². The molecule has 1 aliphatic heterocycles. The van der Waals surface area contributed by atoms with Gasteiger partial charge in [0.15, 0.2) is 0 Å². The Morgan fingerprint density at radius 1 is 1.25 bits per heavy atom. The number of hydrogen-bond acceptors (Lipinski definition) is 5. The molecule has 1 saturated heterocycles. The number of esters is 1. The summed E-state index contributed by atoms with van der Waals surface area (Å²) in [6.45, 7) is 2.61. The second kappa shape index (κ2) is 8.92. The van der Waals surface area contributed by atoms with Crippen molar-refractivity contribution in [3.05, 3.63) is 0 Å². The van der Waals surface area contributed by atoms with Crippen LogP contribution in [0.3, 0.4) is 0 Å². The largest absolute Gasteiger partial charge is 0.469 e. The van der Waals surface area contributed by atoms with E-state index >= 15 is 0 Å². The Balaban J connectivity index is 2.48. The smallest absolute Gasteiger partial charge is 0.307 e. The molecule has 1 rings (SSSR count). The lowest BCUT2D eigenvalue weighted by Crippen LogP contribution is -2.41. The number of hydrogen-bond donors (Lipinski definition) is 0. The minimum atomic E-state index is -0.327. The van der Waals surface area contributed by atoms with E-state index in [1.807, 2.05) is 14.1 Å². The van der Waals surface area contributed by atoms with Crippen molar-refractivity contribution in [1.29, 1.82) is 0 Å². The van der Waals surface area contributed by atoms with Crippen LogP contribution in [-0.2, 0) is 19.1 Å². The fourth-order valence-electron chi connectivity index (χ4n) is 2.21. The molecule has 0 aromatic carbocycles. The van der Waals surface area contributed by atoms with Crippen LogP contribution in [0.5, 0.6) is 0 Å². The standard InChI is InChI=1S/C14H26N2O4/c1-15(2)8-5-9-16(10-7-13(17)19-3)14(18)12-6-4-11-20-12/h12H,4-11H2,1-3H3. The highest BCUT2D eigenvalue weighted by Crippen LogP contribution is 2.15. The molecule has 0 N–H and O–H groups in total. The number of carbonyl (C=O) groups excluding carboxylic acids is 2. The Morgan fingerprint density at radius 2 is 2.00 bits per heavy atom. The monoisotopic (exact) mass is 286 g/mol. The first-order chi connectivity index (χ1) is 9.54. The SMILES string of the molecule is COC(=O)CCN(CCCN(C)C)C(=O)C1CCCO1. The second-order valence-electron chi connectivity index (χ2n) is 5.31. The number of nitrogens with zero attached hydrogens (tertiary/aromatic N) is 2. The number of rotatable bonds is 8. The van der Waals surface area contributed by atoms with Crippen molar-refractivity contribution in [2.75, 3.05) is 47.4 Å². The summed E-state index contributed by atoms with van der Waals surface area (Å²) < 4.78 is 10.1. The van der Waals surface area contributed by atoms with Gasteiger partial charge < -0.3 is 19.3 Å². The van der Waals surface area contributed by atoms with Crippen molar-refractivity contribution >= 4 is 11.9 Å². The van der Waals surface area contributed by atoms with Crippen molar-refractivity contribution < 1.29 is 19.1 Å². The first-order valence-corrected chi connectivity index (χ1v) is 7.16. The lowest BCUT2D eigenvalue weighted by Gasteiger charge is -2.25. The van der Waals surface area contributed by atoms with Gasteiger partial charge in [0.05, 0.1) is 13.5 Å². The fraction of sp³-hybridized carbons (Fsp3) is 0.857. The summed E-state index contributed by atoms with van der Waals surface area (Å²) in [4.78, 5) is 27.4. The van der Waals surface area contributed by atoms with Gasteiger partial charge in [-0.15, -0.1) is 0 Å². The molecule has 0 saturated carbocycles. The van der Waals surface area contributed by atoms with Gasteiger partial charge in [0.25, 0.3) is 5.91 Å². The average molecular weight is 286 g/mol. The minimum absolute atomic E-state index is 0.00478. The Kier molecular flexibility index (Phi) is 7.54. The molecule has 6 heteroatoms. The molecule has 1 atom stereocenters. The molecular formula is C14H26N2O4. The third kappa shape index (κ3) is 5.88. The Bertz CT molecular complexity index is 314. The maximum absolute atomic E-state index is 12.4. The van der Waals surface area contributed by atoms with Gasteiger partial charge in [-0.2, -0.15) is 0 Å². The first-order valence-electron chi connectivity index (χ1n) is 7.16. The van der Waals surface area contributed by atoms with E-state index in [1.54, 1.807) is 4.90 Å². The molecule has 1 heterocycles. The van der Waals surface area contributed by atoms with Crippen LogP contribution in [0.4, 0.5) is 0 Å². The fourth-order valence-corrected chi connectivity index (χ4v) is 2.21. The number of ether oxygens (including phenoxy) is 2. The molecule has 1 amide bonds. The van der Waals surface area contributed by atoms with E-state index in [-0.39, 0.29) is 24.4 Å². The zero-order valence-corrected chi connectivity index (χ0v) is 12.8. The van der Waals surface area contributed by atoms with Crippen LogP contribution in [-0.4, -0.2) is 75.2 Å². The molecule has 1 fully saturated rings. The van der Waals surface area contributed by atoms with Crippen molar-refractivity contribution in [3.8, 4) is 0 Å². The molecule has 20 heavy (non-hydrogen) atoms. The predicted octanol–water partition coefficient (Wildman–Crippen LogP) is 0.509. The third-order valence-corrected chi connectivity index (χ3v) is 3.36. The molecule has 0 aromatic rings. The van der Waals surface area contributed by atoms with Gasteiger partial charge in [0.1, 0.15) is 6.10 Å². The van der Waals surface area contributed by atoms with Crippen LogP contribution in [0, 0.1) is 0 Å². The molecule has 116 valence electrons. The molecule has 0 bridgehead atoms. The molecular weight excluding hydrogens is 260 g/mol. The van der Waals surface area contributed by atoms with Crippen molar-refractivity contribution in [1.82, 2.24) is 9.80 Å². The second-order valence-corrected chi connectivity index (χ2v) is 5.31. The topological polar surface area (TPSA) is 59.1 Å². The molecule has 1 unspecified atom stereocenters. The molecule has 6 nitrogen and oxygen atoms in total. The third-order valence-electron chi connectivity index (χ3n) is 3.36. The molecule has 0 aliphatic carbocycles. The van der Waals surface area contributed by atoms with Crippen LogP contribution in [0.2, 0.25) is 0 Å². The van der Waals surface area contributed by atoms with E-state index in [1.165, 1.54) is 7.11 Å². The number of amides is 1. The van der Waals surface area contributed by atoms with Crippen LogP contribution in [0.15, 0.2) is 0 Å². The Hall–Kier alpha value is -1.14. The maximum Gasteiger partial charge on any atom is 0.307 e. The van der Waals surface area contributed by atoms with E-state index < -0.39 is 0 Å². The summed E-state index contributed by atoms with van der Waals surface area (Å²) in [5.74, 6) is -0.284. The Morgan fingerprint density at radius 3 is 2.55 bits per heavy atom. The zero-order valence-electron chi connectivity index (χ0n) is 12.8. The van der Waals surface area contributed by atoms with Gasteiger partial charge >= 0.3 is 5.97 Å². The van der Waals surface area contributed by atoms with Crippen LogP contribution < -0.4 is 0 Å². The first kappa shape index (κ1) is 16.9. The van der Waals surface area contributed by atoms with Gasteiger partial charge in [-0.25, -0.2) is 0 Å². The average Bonchev–Trinajstić information content (AvgIpc) is 2.95. The van der Waals surface area contributed by atoms with Gasteiger partial charge in [0, 0.05) is 19.7 Å². The summed E-state index contributed by atoms with van der Waals surface area (Å²) in [7, 11) is 5.36. The highest BCUT2D eigenvalue weighted by Gasteiger charge is 2.28. The summed E-state index contributed by atoms with van der Waals surface area (Å²) in [5.41, 5.74) is 0. The van der Waals surface area contributed by atoms with E-state index in [0.717, 1.165) is 25.8 Å². The summed E-state index contributed by atoms with van der Waals surface area (Å²) in [6.07, 6.45) is 2.50. The van der Waals surface area contributed by atoms with Gasteiger partial charge in [-0.3, -0.25) is 9.59 Å². The number of carbonyl (C=O) groups is 2. The highest BCUT2D eigenvalue weighted by atomic mass is 16.5. The molecule has 1 aliphatic rings. The molecule has 0 radical (unpaired) electrons. The zero-order chi connectivity index (χ0) is 15.0. The summed E-state index contributed by atoms with van der Waals surface area (Å²) >= 11 is 0. The van der Waals surface area contributed by atoms with Gasteiger partial charge in [-0.1, -0.05) is 0 Å². The quantitative estimate of drug-likeness (QED) is 0.608. The highest BCUT2D eigenvalue weighted by molar-refractivity contribution is 5.81. The number of methoxy groups -OCH3 is 1. The lowest BCUT2D eigenvalue weighted by molar-refractivity contribution is -0.144. The van der Waals surface area contributed by atoms with Gasteiger partial charge in [0.2, 0.25) is 0 Å². The molecule has 0 spiro atoms. The van der Waals surface area contributed by atoms with E-state index in [9.17, 15) is 9.59 Å². The lowest BCUT2D eigenvalue weighted by atomic mass is 10.2. The van der Waals surface area contributed by atoms with Crippen LogP contribution >= 0.6 is 0 Å². The van der Waals surface area contributed by atoms with Crippen LogP contribution in [0.1, 0.15) is 25.7 Å². The van der Waals surface area contributed by atoms with Crippen molar-refractivity contribution in [3.63, 3.8) is 0 Å². The van der Waals surface area contributed by atoms with E-state index in [0.29, 0.717) is 19.7 Å². The van der Waals surface area contributed by atoms with E-state index in [2.05, 4.69) is 9.64 Å². The Labute approximate surface area is 121 Å². The summed E-state index contributed by atoms with van der Waals surface area (Å²) in [5, 5.41) is 0. The van der Waals surface area contributed by atoms with Crippen molar-refractivity contribution in [2.24, 2.45) is 0 Å². The minimum Gasteiger partial charge on any atom is -0.469 e. The normalized spacial score (nSPS) is 18.3. The maximum atomic E-state index is 12.4. The van der Waals surface area contributed by atoms with Crippen LogP contribution in [0.25, 0.3) is 0 Å².